The van der Waals surface area contributed by atoms with Crippen LogP contribution in [0.25, 0.3) is 0 Å². The minimum Gasteiger partial charge on any atom is -0.356 e. The summed E-state index contributed by atoms with van der Waals surface area (Å²) in [5, 5.41) is 3.14. The maximum Gasteiger partial charge on any atom is 0.220 e. The molecule has 1 amide bonds. The average molecular weight is 304 g/mol. The Hall–Kier alpha value is 0.0500. The van der Waals surface area contributed by atoms with Crippen LogP contribution in [-0.4, -0.2) is 23.2 Å². The second-order valence-electron chi connectivity index (χ2n) is 7.18. The lowest BCUT2D eigenvalue weighted by molar-refractivity contribution is -0.123. The van der Waals surface area contributed by atoms with Crippen LogP contribution in [0.1, 0.15) is 51.4 Å². The standard InChI is InChI=1S/C15H23Cl2NO/c16-3-1-2-13(19)18-10-14-5-11-4-12(6-14)8-15(17,7-11)9-14/h11-12H,1-10H2,(H,18,19). The number of carbonyl (C=O) groups excluding carboxylic acids is 1. The number of hydrogen-bond acceptors (Lipinski definition) is 1. The fourth-order valence-electron chi connectivity index (χ4n) is 5.14. The van der Waals surface area contributed by atoms with Gasteiger partial charge in [0.05, 0.1) is 0 Å². The molecule has 2 atom stereocenters. The highest BCUT2D eigenvalue weighted by molar-refractivity contribution is 6.24. The molecular weight excluding hydrogens is 281 g/mol. The van der Waals surface area contributed by atoms with Gasteiger partial charge in [0, 0.05) is 23.7 Å². The highest BCUT2D eigenvalue weighted by Gasteiger charge is 2.56. The summed E-state index contributed by atoms with van der Waals surface area (Å²) < 4.78 is 0. The van der Waals surface area contributed by atoms with E-state index >= 15 is 0 Å². The molecule has 0 aromatic rings. The molecule has 4 aliphatic carbocycles. The summed E-state index contributed by atoms with van der Waals surface area (Å²) in [6.45, 7) is 0.829. The highest BCUT2D eigenvalue weighted by atomic mass is 35.5. The van der Waals surface area contributed by atoms with Crippen LogP contribution in [0, 0.1) is 17.3 Å². The zero-order chi connectivity index (χ0) is 13.5. The summed E-state index contributed by atoms with van der Waals surface area (Å²) in [7, 11) is 0. The minimum atomic E-state index is 0.0466. The molecule has 19 heavy (non-hydrogen) atoms. The molecule has 0 radical (unpaired) electrons. The average Bonchev–Trinajstić information content (AvgIpc) is 2.31. The Morgan fingerprint density at radius 2 is 1.89 bits per heavy atom. The van der Waals surface area contributed by atoms with Crippen molar-refractivity contribution in [1.29, 1.82) is 0 Å². The van der Waals surface area contributed by atoms with Gasteiger partial charge in [0.15, 0.2) is 0 Å². The van der Waals surface area contributed by atoms with Crippen molar-refractivity contribution in [3.8, 4) is 0 Å². The molecule has 4 saturated carbocycles. The summed E-state index contributed by atoms with van der Waals surface area (Å²) in [5.41, 5.74) is 0.294. The van der Waals surface area contributed by atoms with Gasteiger partial charge in [-0.25, -0.2) is 0 Å². The molecule has 4 fully saturated rings. The van der Waals surface area contributed by atoms with E-state index in [9.17, 15) is 4.79 Å². The second kappa shape index (κ2) is 5.11. The third kappa shape index (κ3) is 2.90. The van der Waals surface area contributed by atoms with Crippen molar-refractivity contribution < 1.29 is 4.79 Å². The molecule has 2 nitrogen and oxygen atoms in total. The SMILES string of the molecule is O=C(CCCCl)NCC12CC3CC(CC(Cl)(C3)C1)C2. The van der Waals surface area contributed by atoms with Gasteiger partial charge in [0.1, 0.15) is 0 Å². The Bertz CT molecular complexity index is 357. The first-order chi connectivity index (χ1) is 9.03. The van der Waals surface area contributed by atoms with Crippen molar-refractivity contribution in [2.24, 2.45) is 17.3 Å². The van der Waals surface area contributed by atoms with E-state index < -0.39 is 0 Å². The molecule has 4 bridgehead atoms. The molecule has 2 unspecified atom stereocenters. The second-order valence-corrected chi connectivity index (χ2v) is 8.36. The maximum atomic E-state index is 11.8. The van der Waals surface area contributed by atoms with E-state index in [-0.39, 0.29) is 10.8 Å². The molecule has 0 aromatic heterocycles. The Morgan fingerprint density at radius 3 is 2.47 bits per heavy atom. The Labute approximate surface area is 125 Å². The first-order valence-corrected chi connectivity index (χ1v) is 8.45. The zero-order valence-electron chi connectivity index (χ0n) is 11.4. The molecule has 0 aliphatic heterocycles. The summed E-state index contributed by atoms with van der Waals surface area (Å²) in [4.78, 5) is 11.8. The van der Waals surface area contributed by atoms with Gasteiger partial charge in [-0.2, -0.15) is 0 Å². The molecule has 0 aromatic carbocycles. The first kappa shape index (κ1) is 14.0. The number of rotatable bonds is 5. The van der Waals surface area contributed by atoms with Gasteiger partial charge in [-0.1, -0.05) is 0 Å². The van der Waals surface area contributed by atoms with E-state index in [0.29, 0.717) is 17.7 Å². The van der Waals surface area contributed by atoms with Crippen molar-refractivity contribution >= 4 is 29.1 Å². The normalized spacial score (nSPS) is 43.5. The van der Waals surface area contributed by atoms with Crippen LogP contribution in [0.15, 0.2) is 0 Å². The molecule has 0 saturated heterocycles. The van der Waals surface area contributed by atoms with E-state index in [1.807, 2.05) is 0 Å². The number of carbonyl (C=O) groups is 1. The van der Waals surface area contributed by atoms with E-state index in [4.69, 9.17) is 23.2 Å². The number of halogens is 2. The molecule has 0 heterocycles. The van der Waals surface area contributed by atoms with E-state index in [1.54, 1.807) is 0 Å². The van der Waals surface area contributed by atoms with Crippen LogP contribution in [0.2, 0.25) is 0 Å². The van der Waals surface area contributed by atoms with Crippen molar-refractivity contribution in [2.75, 3.05) is 12.4 Å². The highest BCUT2D eigenvalue weighted by Crippen LogP contribution is 2.63. The summed E-state index contributed by atoms with van der Waals surface area (Å²) >= 11 is 12.4. The molecule has 0 spiro atoms. The fraction of sp³-hybridized carbons (Fsp3) is 0.933. The summed E-state index contributed by atoms with van der Waals surface area (Å²) in [6, 6.07) is 0. The smallest absolute Gasteiger partial charge is 0.220 e. The van der Waals surface area contributed by atoms with E-state index in [2.05, 4.69) is 5.32 Å². The lowest BCUT2D eigenvalue weighted by atomic mass is 9.49. The van der Waals surface area contributed by atoms with E-state index in [0.717, 1.165) is 31.2 Å². The van der Waals surface area contributed by atoms with Gasteiger partial charge >= 0.3 is 0 Å². The molecule has 1 N–H and O–H groups in total. The summed E-state index contributed by atoms with van der Waals surface area (Å²) in [6.07, 6.45) is 8.74. The van der Waals surface area contributed by atoms with Crippen LogP contribution in [0.5, 0.6) is 0 Å². The van der Waals surface area contributed by atoms with Gasteiger partial charge in [-0.3, -0.25) is 4.79 Å². The molecular formula is C15H23Cl2NO. The van der Waals surface area contributed by atoms with Crippen LogP contribution in [0.4, 0.5) is 0 Å². The predicted octanol–water partition coefficient (Wildman–Crippen LogP) is 3.70. The van der Waals surface area contributed by atoms with Crippen LogP contribution in [-0.2, 0) is 4.79 Å². The van der Waals surface area contributed by atoms with Crippen molar-refractivity contribution in [3.63, 3.8) is 0 Å². The predicted molar refractivity (Wildman–Crippen MR) is 78.7 cm³/mol. The fourth-order valence-corrected chi connectivity index (χ4v) is 6.00. The molecule has 108 valence electrons. The third-order valence-electron chi connectivity index (χ3n) is 5.31. The quantitative estimate of drug-likeness (QED) is 0.771. The Morgan fingerprint density at radius 1 is 1.21 bits per heavy atom. The van der Waals surface area contributed by atoms with Gasteiger partial charge < -0.3 is 5.32 Å². The number of hydrogen-bond donors (Lipinski definition) is 1. The van der Waals surface area contributed by atoms with E-state index in [1.165, 1.54) is 32.1 Å². The molecule has 4 rings (SSSR count). The van der Waals surface area contributed by atoms with Gasteiger partial charge in [-0.05, 0) is 62.2 Å². The topological polar surface area (TPSA) is 29.1 Å². The number of nitrogens with one attached hydrogen (secondary N) is 1. The van der Waals surface area contributed by atoms with Crippen molar-refractivity contribution in [1.82, 2.24) is 5.32 Å². The minimum absolute atomic E-state index is 0.0466. The van der Waals surface area contributed by atoms with Gasteiger partial charge in [0.25, 0.3) is 0 Å². The van der Waals surface area contributed by atoms with Crippen LogP contribution in [0.3, 0.4) is 0 Å². The van der Waals surface area contributed by atoms with Crippen molar-refractivity contribution in [3.05, 3.63) is 0 Å². The molecule has 4 aliphatic rings. The van der Waals surface area contributed by atoms with Gasteiger partial charge in [0.2, 0.25) is 5.91 Å². The first-order valence-electron chi connectivity index (χ1n) is 7.54. The number of alkyl halides is 2. The molecule has 4 heteroatoms. The lowest BCUT2D eigenvalue weighted by Gasteiger charge is -2.60. The zero-order valence-corrected chi connectivity index (χ0v) is 12.9. The van der Waals surface area contributed by atoms with Crippen LogP contribution >= 0.6 is 23.2 Å². The van der Waals surface area contributed by atoms with Crippen LogP contribution < -0.4 is 5.32 Å². The Kier molecular flexibility index (Phi) is 3.77. The monoisotopic (exact) mass is 303 g/mol. The van der Waals surface area contributed by atoms with Crippen molar-refractivity contribution in [2.45, 2.75) is 56.2 Å². The maximum absolute atomic E-state index is 11.8. The summed E-state index contributed by atoms with van der Waals surface area (Å²) in [5.74, 6) is 2.32. The number of amides is 1. The van der Waals surface area contributed by atoms with Gasteiger partial charge in [-0.15, -0.1) is 23.2 Å². The lowest BCUT2D eigenvalue weighted by Crippen LogP contribution is -2.56. The Balaban J connectivity index is 1.60. The third-order valence-corrected chi connectivity index (χ3v) is 6.02. The largest absolute Gasteiger partial charge is 0.356 e.